The number of carbonyl (C=O) groups excluding carboxylic acids is 2. The maximum atomic E-state index is 12.5. The molecule has 0 saturated heterocycles. The molecule has 27 heavy (non-hydrogen) atoms. The molecular formula is C19H20N6O2. The van der Waals surface area contributed by atoms with Gasteiger partial charge in [-0.15, -0.1) is 0 Å². The molecule has 3 heterocycles. The second-order valence-corrected chi connectivity index (χ2v) is 6.65. The Balaban J connectivity index is 1.38. The van der Waals surface area contributed by atoms with Crippen molar-refractivity contribution in [3.63, 3.8) is 0 Å². The molecule has 1 aliphatic heterocycles. The van der Waals surface area contributed by atoms with Crippen molar-refractivity contribution in [2.75, 3.05) is 0 Å². The van der Waals surface area contributed by atoms with E-state index in [0.29, 0.717) is 30.8 Å². The van der Waals surface area contributed by atoms with Gasteiger partial charge in [-0.1, -0.05) is 30.3 Å². The van der Waals surface area contributed by atoms with Crippen LogP contribution in [0.1, 0.15) is 32.1 Å². The van der Waals surface area contributed by atoms with E-state index in [4.69, 9.17) is 0 Å². The largest absolute Gasteiger partial charge is 0.348 e. The monoisotopic (exact) mass is 364 g/mol. The summed E-state index contributed by atoms with van der Waals surface area (Å²) in [6, 6.07) is 9.64. The molecule has 0 spiro atoms. The number of aromatic nitrogens is 4. The molecule has 0 aliphatic carbocycles. The third-order valence-electron chi connectivity index (χ3n) is 4.60. The molecule has 0 bridgehead atoms. The zero-order chi connectivity index (χ0) is 18.8. The first-order valence-corrected chi connectivity index (χ1v) is 8.76. The van der Waals surface area contributed by atoms with Crippen molar-refractivity contribution in [1.82, 2.24) is 30.0 Å². The lowest BCUT2D eigenvalue weighted by Crippen LogP contribution is -2.36. The number of amides is 2. The average Bonchev–Trinajstić information content (AvgIpc) is 3.36. The van der Waals surface area contributed by atoms with Gasteiger partial charge in [0, 0.05) is 26.2 Å². The second-order valence-electron chi connectivity index (χ2n) is 6.65. The molecule has 0 radical (unpaired) electrons. The summed E-state index contributed by atoms with van der Waals surface area (Å²) in [5, 5.41) is 10.2. The van der Waals surface area contributed by atoms with Crippen molar-refractivity contribution in [1.29, 1.82) is 0 Å². The van der Waals surface area contributed by atoms with Crippen LogP contribution in [0.15, 0.2) is 49.1 Å². The topological polar surface area (TPSA) is 93.8 Å². The van der Waals surface area contributed by atoms with Crippen LogP contribution in [0.4, 0.5) is 0 Å². The number of carbonyl (C=O) groups is 2. The standard InChI is InChI=1S/C19H20N6O2/c1-24-11-16(21-12-24)19(27)23-14-7-17-15(9-22-25(17)10-14)18(26)20-8-13-5-3-2-4-6-13/h2-6,9,11-12,14H,7-8,10H2,1H3,(H,20,26)(H,23,27)/t14-/m0/s1. The minimum absolute atomic E-state index is 0.108. The van der Waals surface area contributed by atoms with Gasteiger partial charge in [-0.05, 0) is 5.56 Å². The van der Waals surface area contributed by atoms with E-state index in [9.17, 15) is 9.59 Å². The first-order chi connectivity index (χ1) is 13.1. The van der Waals surface area contributed by atoms with E-state index in [1.807, 2.05) is 37.4 Å². The highest BCUT2D eigenvalue weighted by molar-refractivity contribution is 5.95. The van der Waals surface area contributed by atoms with Gasteiger partial charge in [0.1, 0.15) is 5.69 Å². The third-order valence-corrected chi connectivity index (χ3v) is 4.60. The molecule has 0 fully saturated rings. The molecule has 4 rings (SSSR count). The van der Waals surface area contributed by atoms with E-state index >= 15 is 0 Å². The van der Waals surface area contributed by atoms with Gasteiger partial charge in [-0.3, -0.25) is 14.3 Å². The van der Waals surface area contributed by atoms with Gasteiger partial charge in [0.25, 0.3) is 11.8 Å². The van der Waals surface area contributed by atoms with Gasteiger partial charge < -0.3 is 15.2 Å². The Hall–Kier alpha value is -3.42. The molecule has 138 valence electrons. The molecule has 1 aliphatic rings. The lowest BCUT2D eigenvalue weighted by Gasteiger charge is -2.10. The summed E-state index contributed by atoms with van der Waals surface area (Å²) in [7, 11) is 1.81. The number of nitrogens with zero attached hydrogens (tertiary/aromatic N) is 4. The maximum absolute atomic E-state index is 12.5. The number of fused-ring (bicyclic) bond motifs is 1. The quantitative estimate of drug-likeness (QED) is 0.703. The normalized spacial score (nSPS) is 15.4. The predicted molar refractivity (Wildman–Crippen MR) is 98.0 cm³/mol. The Labute approximate surface area is 156 Å². The Morgan fingerprint density at radius 2 is 2.04 bits per heavy atom. The van der Waals surface area contributed by atoms with Crippen LogP contribution in [0.25, 0.3) is 0 Å². The molecule has 0 saturated carbocycles. The molecular weight excluding hydrogens is 344 g/mol. The summed E-state index contributed by atoms with van der Waals surface area (Å²) < 4.78 is 3.50. The Morgan fingerprint density at radius 3 is 2.78 bits per heavy atom. The molecule has 1 aromatic carbocycles. The number of rotatable bonds is 5. The second kappa shape index (κ2) is 7.06. The molecule has 8 nitrogen and oxygen atoms in total. The maximum Gasteiger partial charge on any atom is 0.271 e. The smallest absolute Gasteiger partial charge is 0.271 e. The van der Waals surface area contributed by atoms with Gasteiger partial charge in [-0.25, -0.2) is 4.98 Å². The highest BCUT2D eigenvalue weighted by Crippen LogP contribution is 2.19. The van der Waals surface area contributed by atoms with Crippen LogP contribution in [-0.4, -0.2) is 37.2 Å². The van der Waals surface area contributed by atoms with E-state index in [1.54, 1.807) is 28.0 Å². The van der Waals surface area contributed by atoms with Crippen LogP contribution in [0.3, 0.4) is 0 Å². The van der Waals surface area contributed by atoms with E-state index in [2.05, 4.69) is 20.7 Å². The van der Waals surface area contributed by atoms with Crippen molar-refractivity contribution in [2.24, 2.45) is 7.05 Å². The van der Waals surface area contributed by atoms with Crippen molar-refractivity contribution in [2.45, 2.75) is 25.6 Å². The molecule has 1 atom stereocenters. The fraction of sp³-hybridized carbons (Fsp3) is 0.263. The number of nitrogens with one attached hydrogen (secondary N) is 2. The number of hydrogen-bond donors (Lipinski definition) is 2. The Bertz CT molecular complexity index is 975. The fourth-order valence-corrected chi connectivity index (χ4v) is 3.24. The summed E-state index contributed by atoms with van der Waals surface area (Å²) in [5.41, 5.74) is 2.81. The third kappa shape index (κ3) is 3.59. The minimum atomic E-state index is -0.221. The van der Waals surface area contributed by atoms with Crippen molar-refractivity contribution < 1.29 is 9.59 Å². The van der Waals surface area contributed by atoms with Crippen LogP contribution < -0.4 is 10.6 Å². The highest BCUT2D eigenvalue weighted by Gasteiger charge is 2.29. The molecule has 8 heteroatoms. The van der Waals surface area contributed by atoms with E-state index in [-0.39, 0.29) is 17.9 Å². The summed E-state index contributed by atoms with van der Waals surface area (Å²) in [4.78, 5) is 28.9. The molecule has 3 aromatic rings. The van der Waals surface area contributed by atoms with Gasteiger partial charge in [0.15, 0.2) is 0 Å². The van der Waals surface area contributed by atoms with Gasteiger partial charge >= 0.3 is 0 Å². The van der Waals surface area contributed by atoms with Crippen molar-refractivity contribution in [3.8, 4) is 0 Å². The summed E-state index contributed by atoms with van der Waals surface area (Å²) in [6.07, 6.45) is 5.41. The van der Waals surface area contributed by atoms with Crippen LogP contribution in [-0.2, 0) is 26.6 Å². The zero-order valence-electron chi connectivity index (χ0n) is 14.9. The van der Waals surface area contributed by atoms with E-state index in [0.717, 1.165) is 11.3 Å². The van der Waals surface area contributed by atoms with Crippen LogP contribution >= 0.6 is 0 Å². The first-order valence-electron chi connectivity index (χ1n) is 8.76. The number of hydrogen-bond acceptors (Lipinski definition) is 4. The summed E-state index contributed by atoms with van der Waals surface area (Å²) in [6.45, 7) is 1.00. The Kier molecular flexibility index (Phi) is 4.45. The van der Waals surface area contributed by atoms with E-state index in [1.165, 1.54) is 0 Å². The summed E-state index contributed by atoms with van der Waals surface area (Å²) in [5.74, 6) is -0.377. The van der Waals surface area contributed by atoms with E-state index < -0.39 is 0 Å². The van der Waals surface area contributed by atoms with Gasteiger partial charge in [-0.2, -0.15) is 5.10 Å². The van der Waals surface area contributed by atoms with Crippen LogP contribution in [0.5, 0.6) is 0 Å². The van der Waals surface area contributed by atoms with Gasteiger partial charge in [0.2, 0.25) is 0 Å². The first kappa shape index (κ1) is 17.0. The Morgan fingerprint density at radius 1 is 1.22 bits per heavy atom. The lowest BCUT2D eigenvalue weighted by molar-refractivity contribution is 0.0930. The molecule has 0 unspecified atom stereocenters. The number of benzene rings is 1. The number of aryl methyl sites for hydroxylation is 1. The molecule has 2 aromatic heterocycles. The molecule has 2 amide bonds. The average molecular weight is 364 g/mol. The molecule has 2 N–H and O–H groups in total. The lowest BCUT2D eigenvalue weighted by atomic mass is 10.1. The fourth-order valence-electron chi connectivity index (χ4n) is 3.24. The van der Waals surface area contributed by atoms with Gasteiger partial charge in [0.05, 0.1) is 36.4 Å². The zero-order valence-corrected chi connectivity index (χ0v) is 14.9. The SMILES string of the molecule is Cn1cnc(C(=O)N[C@H]2Cc3c(C(=O)NCc4ccccc4)cnn3C2)c1. The highest BCUT2D eigenvalue weighted by atomic mass is 16.2. The number of imidazole rings is 1. The minimum Gasteiger partial charge on any atom is -0.348 e. The van der Waals surface area contributed by atoms with Crippen LogP contribution in [0, 0.1) is 0 Å². The van der Waals surface area contributed by atoms with Crippen molar-refractivity contribution in [3.05, 3.63) is 71.6 Å². The van der Waals surface area contributed by atoms with Crippen molar-refractivity contribution >= 4 is 11.8 Å². The van der Waals surface area contributed by atoms with Crippen LogP contribution in [0.2, 0.25) is 0 Å². The summed E-state index contributed by atoms with van der Waals surface area (Å²) >= 11 is 0. The predicted octanol–water partition coefficient (Wildman–Crippen LogP) is 0.901.